The quantitative estimate of drug-likeness (QED) is 0.702. The number of aromatic nitrogens is 5. The molecule has 0 aliphatic carbocycles. The Morgan fingerprint density at radius 3 is 2.50 bits per heavy atom. The van der Waals surface area contributed by atoms with Gasteiger partial charge in [0, 0.05) is 31.5 Å². The summed E-state index contributed by atoms with van der Waals surface area (Å²) in [6.45, 7) is 0.954. The fourth-order valence-corrected chi connectivity index (χ4v) is 3.35. The average molecular weight is 417 g/mol. The number of hydrogen-bond donors (Lipinski definition) is 1. The predicted molar refractivity (Wildman–Crippen MR) is 101 cm³/mol. The van der Waals surface area contributed by atoms with E-state index >= 15 is 0 Å². The van der Waals surface area contributed by atoms with Gasteiger partial charge in [-0.3, -0.25) is 4.79 Å². The van der Waals surface area contributed by atoms with Crippen LogP contribution in [0, 0.1) is 0 Å². The van der Waals surface area contributed by atoms with Gasteiger partial charge in [-0.05, 0) is 25.0 Å². The van der Waals surface area contributed by atoms with Crippen LogP contribution >= 0.6 is 0 Å². The number of hydrogen-bond acceptors (Lipinski definition) is 6. The summed E-state index contributed by atoms with van der Waals surface area (Å²) in [4.78, 5) is 23.7. The van der Waals surface area contributed by atoms with Crippen LogP contribution in [0.3, 0.4) is 0 Å². The normalized spacial score (nSPS) is 17.0. The summed E-state index contributed by atoms with van der Waals surface area (Å²) in [6.07, 6.45) is 1.56. The van der Waals surface area contributed by atoms with Crippen LogP contribution in [0.25, 0.3) is 5.69 Å². The van der Waals surface area contributed by atoms with E-state index in [1.165, 1.54) is 17.2 Å². The van der Waals surface area contributed by atoms with E-state index in [4.69, 9.17) is 0 Å². The monoisotopic (exact) mass is 417 g/mol. The molecule has 0 saturated carbocycles. The molecule has 30 heavy (non-hydrogen) atoms. The maximum atomic E-state index is 13.1. The van der Waals surface area contributed by atoms with Gasteiger partial charge < -0.3 is 10.2 Å². The van der Waals surface area contributed by atoms with Crippen LogP contribution < -0.4 is 5.32 Å². The Hall–Kier alpha value is -3.50. The maximum Gasteiger partial charge on any atom is 0.419 e. The van der Waals surface area contributed by atoms with Crippen LogP contribution in [0.15, 0.2) is 49.1 Å². The molecule has 3 aromatic rings. The summed E-state index contributed by atoms with van der Waals surface area (Å²) in [7, 11) is 0. The number of para-hydroxylation sites is 1. The lowest BCUT2D eigenvalue weighted by molar-refractivity contribution is -0.138. The van der Waals surface area contributed by atoms with E-state index in [-0.39, 0.29) is 17.9 Å². The molecule has 0 spiro atoms. The predicted octanol–water partition coefficient (Wildman–Crippen LogP) is 2.79. The van der Waals surface area contributed by atoms with Crippen molar-refractivity contribution in [2.75, 3.05) is 18.4 Å². The fraction of sp³-hybridized carbons (Fsp3) is 0.316. The van der Waals surface area contributed by atoms with Crippen molar-refractivity contribution < 1.29 is 18.0 Å². The lowest BCUT2D eigenvalue weighted by atomic mass is 10.0. The number of anilines is 1. The van der Waals surface area contributed by atoms with Gasteiger partial charge >= 0.3 is 6.18 Å². The van der Waals surface area contributed by atoms with E-state index in [2.05, 4.69) is 25.5 Å². The molecule has 1 atom stereocenters. The summed E-state index contributed by atoms with van der Waals surface area (Å²) < 4.78 is 38.0. The number of carbonyl (C=O) groups is 1. The molecule has 1 aliphatic heterocycles. The molecule has 3 heterocycles. The molecule has 1 N–H and O–H groups in total. The van der Waals surface area contributed by atoms with Gasteiger partial charge in [-0.2, -0.15) is 28.2 Å². The third kappa shape index (κ3) is 4.24. The lowest BCUT2D eigenvalue weighted by Crippen LogP contribution is -2.45. The van der Waals surface area contributed by atoms with E-state index in [0.717, 1.165) is 25.2 Å². The van der Waals surface area contributed by atoms with Gasteiger partial charge in [-0.25, -0.2) is 9.97 Å². The highest BCUT2D eigenvalue weighted by molar-refractivity contribution is 5.97. The lowest BCUT2D eigenvalue weighted by Gasteiger charge is -2.33. The standard InChI is InChI=1S/C19H18F3N7O/c20-19(21,22)13-10-23-18(24-11-13)27-14-4-3-9-28(12-14)17(30)15-5-1-2-6-16(15)29-25-7-8-26-29/h1-2,5-8,10-11,14H,3-4,9,12H2,(H,23,24,27). The second-order valence-corrected chi connectivity index (χ2v) is 6.86. The Morgan fingerprint density at radius 1 is 1.10 bits per heavy atom. The number of rotatable bonds is 4. The van der Waals surface area contributed by atoms with Crippen molar-refractivity contribution in [2.45, 2.75) is 25.1 Å². The van der Waals surface area contributed by atoms with E-state index in [1.54, 1.807) is 29.2 Å². The zero-order valence-electron chi connectivity index (χ0n) is 15.8. The number of benzene rings is 1. The van der Waals surface area contributed by atoms with Gasteiger partial charge in [-0.1, -0.05) is 12.1 Å². The smallest absolute Gasteiger partial charge is 0.350 e. The van der Waals surface area contributed by atoms with Crippen molar-refractivity contribution in [1.29, 1.82) is 0 Å². The first-order valence-corrected chi connectivity index (χ1v) is 9.32. The average Bonchev–Trinajstić information content (AvgIpc) is 3.28. The molecule has 1 amide bonds. The minimum Gasteiger partial charge on any atom is -0.350 e. The van der Waals surface area contributed by atoms with Crippen molar-refractivity contribution >= 4 is 11.9 Å². The van der Waals surface area contributed by atoms with Gasteiger partial charge in [0.1, 0.15) is 0 Å². The zero-order chi connectivity index (χ0) is 21.1. The molecule has 1 aromatic carbocycles. The highest BCUT2D eigenvalue weighted by atomic mass is 19.4. The number of carbonyl (C=O) groups excluding carboxylic acids is 1. The molecular weight excluding hydrogens is 399 g/mol. The largest absolute Gasteiger partial charge is 0.419 e. The van der Waals surface area contributed by atoms with Crippen LogP contribution in [0.2, 0.25) is 0 Å². The second kappa shape index (κ2) is 8.09. The number of alkyl halides is 3. The third-order valence-corrected chi connectivity index (χ3v) is 4.79. The van der Waals surface area contributed by atoms with Crippen molar-refractivity contribution in [2.24, 2.45) is 0 Å². The van der Waals surface area contributed by atoms with Crippen LogP contribution in [0.4, 0.5) is 19.1 Å². The van der Waals surface area contributed by atoms with E-state index in [9.17, 15) is 18.0 Å². The number of nitrogens with one attached hydrogen (secondary N) is 1. The topological polar surface area (TPSA) is 88.8 Å². The minimum absolute atomic E-state index is 0.100. The Morgan fingerprint density at radius 2 is 1.80 bits per heavy atom. The summed E-state index contributed by atoms with van der Waals surface area (Å²) in [5.74, 6) is -0.0637. The number of halogens is 3. The van der Waals surface area contributed by atoms with Crippen molar-refractivity contribution in [3.8, 4) is 5.69 Å². The molecule has 1 aliphatic rings. The maximum absolute atomic E-state index is 13.1. The van der Waals surface area contributed by atoms with Crippen molar-refractivity contribution in [1.82, 2.24) is 29.9 Å². The van der Waals surface area contributed by atoms with Gasteiger partial charge in [0.2, 0.25) is 5.95 Å². The molecule has 1 saturated heterocycles. The van der Waals surface area contributed by atoms with Gasteiger partial charge in [0.15, 0.2) is 0 Å². The Balaban J connectivity index is 1.46. The molecular formula is C19H18F3N7O. The highest BCUT2D eigenvalue weighted by Crippen LogP contribution is 2.28. The summed E-state index contributed by atoms with van der Waals surface area (Å²) in [5.41, 5.74) is 0.145. The summed E-state index contributed by atoms with van der Waals surface area (Å²) in [5, 5.41) is 11.2. The molecule has 8 nitrogen and oxygen atoms in total. The Labute approximate surface area is 169 Å². The second-order valence-electron chi connectivity index (χ2n) is 6.86. The first-order valence-electron chi connectivity index (χ1n) is 9.32. The molecule has 0 bridgehead atoms. The molecule has 0 radical (unpaired) electrons. The molecule has 1 unspecified atom stereocenters. The van der Waals surface area contributed by atoms with Crippen LogP contribution in [0.5, 0.6) is 0 Å². The van der Waals surface area contributed by atoms with Crippen LogP contribution in [-0.2, 0) is 6.18 Å². The molecule has 4 rings (SSSR count). The van der Waals surface area contributed by atoms with Crippen molar-refractivity contribution in [3.05, 3.63) is 60.2 Å². The third-order valence-electron chi connectivity index (χ3n) is 4.79. The van der Waals surface area contributed by atoms with Gasteiger partial charge in [0.25, 0.3) is 5.91 Å². The minimum atomic E-state index is -4.48. The SMILES string of the molecule is O=C(c1ccccc1-n1nccn1)N1CCCC(Nc2ncc(C(F)(F)F)cn2)C1. The van der Waals surface area contributed by atoms with E-state index in [0.29, 0.717) is 24.3 Å². The zero-order valence-corrected chi connectivity index (χ0v) is 15.8. The summed E-state index contributed by atoms with van der Waals surface area (Å²) in [6, 6.07) is 6.89. The first-order chi connectivity index (χ1) is 14.4. The van der Waals surface area contributed by atoms with Gasteiger partial charge in [0.05, 0.1) is 29.2 Å². The van der Waals surface area contributed by atoms with E-state index in [1.807, 2.05) is 0 Å². The van der Waals surface area contributed by atoms with Crippen LogP contribution in [0.1, 0.15) is 28.8 Å². The fourth-order valence-electron chi connectivity index (χ4n) is 3.35. The molecule has 1 fully saturated rings. The number of amides is 1. The number of piperidine rings is 1. The molecule has 2 aromatic heterocycles. The first kappa shape index (κ1) is 19.8. The van der Waals surface area contributed by atoms with Crippen molar-refractivity contribution in [3.63, 3.8) is 0 Å². The van der Waals surface area contributed by atoms with Crippen LogP contribution in [-0.4, -0.2) is 54.9 Å². The number of nitrogens with zero attached hydrogens (tertiary/aromatic N) is 6. The Bertz CT molecular complexity index is 1010. The Kier molecular flexibility index (Phi) is 5.34. The number of likely N-dealkylation sites (tertiary alicyclic amines) is 1. The molecule has 11 heteroatoms. The van der Waals surface area contributed by atoms with E-state index < -0.39 is 11.7 Å². The van der Waals surface area contributed by atoms with Gasteiger partial charge in [-0.15, -0.1) is 0 Å². The molecule has 156 valence electrons. The summed E-state index contributed by atoms with van der Waals surface area (Å²) >= 11 is 0. The highest BCUT2D eigenvalue weighted by Gasteiger charge is 2.32.